The van der Waals surface area contributed by atoms with Crippen molar-refractivity contribution < 1.29 is 13.6 Å². The van der Waals surface area contributed by atoms with Gasteiger partial charge in [0.2, 0.25) is 5.16 Å². The Kier molecular flexibility index (Phi) is 5.36. The molecule has 1 heterocycles. The van der Waals surface area contributed by atoms with Crippen molar-refractivity contribution in [3.63, 3.8) is 0 Å². The zero-order chi connectivity index (χ0) is 18.0. The van der Waals surface area contributed by atoms with Crippen LogP contribution < -0.4 is 0 Å². The summed E-state index contributed by atoms with van der Waals surface area (Å²) in [6, 6.07) is 7.71. The third kappa shape index (κ3) is 4.18. The highest BCUT2D eigenvalue weighted by molar-refractivity contribution is 7.99. The minimum absolute atomic E-state index is 0.0750. The maximum absolute atomic E-state index is 13.6. The van der Waals surface area contributed by atoms with Gasteiger partial charge in [0, 0.05) is 11.1 Å². The van der Waals surface area contributed by atoms with Gasteiger partial charge in [0.25, 0.3) is 0 Å². The van der Waals surface area contributed by atoms with Crippen LogP contribution in [0.2, 0.25) is 10.0 Å². The Hall–Kier alpha value is -1.96. The number of H-pyrrole nitrogens is 1. The molecule has 0 aliphatic rings. The van der Waals surface area contributed by atoms with Crippen molar-refractivity contribution in [3.05, 3.63) is 63.6 Å². The summed E-state index contributed by atoms with van der Waals surface area (Å²) < 4.78 is 26.5. The second kappa shape index (κ2) is 7.51. The Morgan fingerprint density at radius 3 is 2.56 bits per heavy atom. The fraction of sp³-hybridized carbons (Fsp3) is 0.0625. The zero-order valence-electron chi connectivity index (χ0n) is 12.4. The summed E-state index contributed by atoms with van der Waals surface area (Å²) in [7, 11) is 0. The molecule has 0 unspecified atom stereocenters. The van der Waals surface area contributed by atoms with Gasteiger partial charge >= 0.3 is 0 Å². The van der Waals surface area contributed by atoms with Crippen LogP contribution in [0.1, 0.15) is 10.4 Å². The molecule has 1 aromatic heterocycles. The molecule has 0 spiro atoms. The highest BCUT2D eigenvalue weighted by atomic mass is 35.5. The molecule has 2 aromatic carbocycles. The van der Waals surface area contributed by atoms with Gasteiger partial charge in [-0.25, -0.2) is 13.8 Å². The first-order chi connectivity index (χ1) is 11.9. The molecule has 0 bridgehead atoms. The molecule has 0 radical (unpaired) electrons. The fourth-order valence-corrected chi connectivity index (χ4v) is 3.15. The second-order valence-corrected chi connectivity index (χ2v) is 6.69. The van der Waals surface area contributed by atoms with E-state index in [1.807, 2.05) is 0 Å². The van der Waals surface area contributed by atoms with Gasteiger partial charge in [-0.05, 0) is 36.4 Å². The van der Waals surface area contributed by atoms with E-state index in [0.717, 1.165) is 17.8 Å². The predicted octanol–water partition coefficient (Wildman–Crippen LogP) is 5.03. The van der Waals surface area contributed by atoms with E-state index in [1.54, 1.807) is 0 Å². The van der Waals surface area contributed by atoms with E-state index >= 15 is 0 Å². The van der Waals surface area contributed by atoms with Crippen molar-refractivity contribution in [2.45, 2.75) is 5.16 Å². The Bertz CT molecular complexity index is 932. The van der Waals surface area contributed by atoms with Crippen molar-refractivity contribution in [2.24, 2.45) is 0 Å². The molecule has 128 valence electrons. The lowest BCUT2D eigenvalue weighted by atomic mass is 10.1. The van der Waals surface area contributed by atoms with Gasteiger partial charge < -0.3 is 0 Å². The number of nitrogens with one attached hydrogen (secondary N) is 1. The Morgan fingerprint density at radius 2 is 1.84 bits per heavy atom. The van der Waals surface area contributed by atoms with Crippen molar-refractivity contribution in [1.29, 1.82) is 0 Å². The van der Waals surface area contributed by atoms with Crippen LogP contribution in [0.15, 0.2) is 41.6 Å². The smallest absolute Gasteiger partial charge is 0.209 e. The first-order valence-corrected chi connectivity index (χ1v) is 8.67. The molecule has 0 fully saturated rings. The largest absolute Gasteiger partial charge is 0.293 e. The number of carbonyl (C=O) groups excluding carboxylic acids is 1. The summed E-state index contributed by atoms with van der Waals surface area (Å²) >= 11 is 12.8. The number of carbonyl (C=O) groups is 1. The summed E-state index contributed by atoms with van der Waals surface area (Å²) in [5.74, 6) is -0.886. The average Bonchev–Trinajstić information content (AvgIpc) is 3.05. The molecule has 25 heavy (non-hydrogen) atoms. The van der Waals surface area contributed by atoms with Gasteiger partial charge in [0.1, 0.15) is 11.6 Å². The molecule has 0 aliphatic heterocycles. The Balaban J connectivity index is 1.71. The minimum Gasteiger partial charge on any atom is -0.293 e. The van der Waals surface area contributed by atoms with Crippen LogP contribution in [0.25, 0.3) is 11.4 Å². The van der Waals surface area contributed by atoms with Crippen LogP contribution >= 0.6 is 35.0 Å². The number of aromatic nitrogens is 3. The number of benzene rings is 2. The highest BCUT2D eigenvalue weighted by Crippen LogP contribution is 2.31. The number of hydrogen-bond donors (Lipinski definition) is 1. The zero-order valence-corrected chi connectivity index (χ0v) is 14.7. The van der Waals surface area contributed by atoms with Gasteiger partial charge in [-0.3, -0.25) is 9.89 Å². The standard InChI is InChI=1S/C16H9Cl2F2N3OS/c17-11-6-12(18)13(20)5-10(11)15-21-16(23-22-15)25-7-14(24)8-1-3-9(19)4-2-8/h1-6H,7H2,(H,21,22,23). The van der Waals surface area contributed by atoms with Crippen LogP contribution in [0.3, 0.4) is 0 Å². The summed E-state index contributed by atoms with van der Waals surface area (Å²) in [5, 5.41) is 7.05. The van der Waals surface area contributed by atoms with Crippen LogP contribution in [0.5, 0.6) is 0 Å². The molecule has 9 heteroatoms. The van der Waals surface area contributed by atoms with E-state index in [-0.39, 0.29) is 27.4 Å². The van der Waals surface area contributed by atoms with Crippen molar-refractivity contribution in [2.75, 3.05) is 5.75 Å². The number of nitrogens with zero attached hydrogens (tertiary/aromatic N) is 2. The first kappa shape index (κ1) is 17.8. The molecule has 0 saturated carbocycles. The predicted molar refractivity (Wildman–Crippen MR) is 93.3 cm³/mol. The van der Waals surface area contributed by atoms with Crippen molar-refractivity contribution in [1.82, 2.24) is 15.2 Å². The quantitative estimate of drug-likeness (QED) is 0.371. The highest BCUT2D eigenvalue weighted by Gasteiger charge is 2.14. The summed E-state index contributed by atoms with van der Waals surface area (Å²) in [5.41, 5.74) is 0.709. The van der Waals surface area contributed by atoms with E-state index in [0.29, 0.717) is 16.3 Å². The molecular formula is C16H9Cl2F2N3OS. The van der Waals surface area contributed by atoms with E-state index in [9.17, 15) is 13.6 Å². The van der Waals surface area contributed by atoms with Crippen molar-refractivity contribution >= 4 is 40.7 Å². The lowest BCUT2D eigenvalue weighted by Crippen LogP contribution is -2.02. The Morgan fingerprint density at radius 1 is 1.12 bits per heavy atom. The van der Waals surface area contributed by atoms with Gasteiger partial charge in [0.15, 0.2) is 11.6 Å². The second-order valence-electron chi connectivity index (χ2n) is 4.93. The van der Waals surface area contributed by atoms with E-state index < -0.39 is 11.6 Å². The molecule has 0 aliphatic carbocycles. The lowest BCUT2D eigenvalue weighted by molar-refractivity contribution is 0.102. The molecule has 4 nitrogen and oxygen atoms in total. The number of thioether (sulfide) groups is 1. The maximum atomic E-state index is 13.6. The summed E-state index contributed by atoms with van der Waals surface area (Å²) in [4.78, 5) is 16.2. The number of Topliss-reactive ketones (excluding diaryl/α,β-unsaturated/α-hetero) is 1. The molecule has 0 amide bonds. The Labute approximate surface area is 155 Å². The molecule has 3 aromatic rings. The van der Waals surface area contributed by atoms with Crippen LogP contribution in [-0.2, 0) is 0 Å². The molecule has 0 saturated heterocycles. The molecular weight excluding hydrogens is 391 g/mol. The lowest BCUT2D eigenvalue weighted by Gasteiger charge is -2.02. The van der Waals surface area contributed by atoms with Gasteiger partial charge in [-0.1, -0.05) is 35.0 Å². The normalized spacial score (nSPS) is 10.9. The molecule has 1 N–H and O–H groups in total. The number of aromatic amines is 1. The van der Waals surface area contributed by atoms with E-state index in [1.165, 1.54) is 30.3 Å². The number of rotatable bonds is 5. The maximum Gasteiger partial charge on any atom is 0.209 e. The molecule has 3 rings (SSSR count). The van der Waals surface area contributed by atoms with Crippen LogP contribution in [0.4, 0.5) is 8.78 Å². The average molecular weight is 400 g/mol. The number of hydrogen-bond acceptors (Lipinski definition) is 4. The van der Waals surface area contributed by atoms with E-state index in [4.69, 9.17) is 23.2 Å². The molecule has 0 atom stereocenters. The van der Waals surface area contributed by atoms with Crippen molar-refractivity contribution in [3.8, 4) is 11.4 Å². The summed E-state index contributed by atoms with van der Waals surface area (Å²) in [6.07, 6.45) is 0. The fourth-order valence-electron chi connectivity index (χ4n) is 1.98. The number of halogens is 4. The summed E-state index contributed by atoms with van der Waals surface area (Å²) in [6.45, 7) is 0. The topological polar surface area (TPSA) is 58.6 Å². The van der Waals surface area contributed by atoms with Gasteiger partial charge in [-0.15, -0.1) is 5.10 Å². The third-order valence-corrected chi connectivity index (χ3v) is 4.68. The van der Waals surface area contributed by atoms with Crippen LogP contribution in [-0.4, -0.2) is 26.7 Å². The van der Waals surface area contributed by atoms with Crippen LogP contribution in [0, 0.1) is 11.6 Å². The monoisotopic (exact) mass is 399 g/mol. The minimum atomic E-state index is -0.627. The SMILES string of the molecule is O=C(CSc1n[nH]c(-c2cc(F)c(Cl)cc2Cl)n1)c1ccc(F)cc1. The third-order valence-electron chi connectivity index (χ3n) is 3.23. The number of ketones is 1. The van der Waals surface area contributed by atoms with E-state index in [2.05, 4.69) is 15.2 Å². The van der Waals surface area contributed by atoms with Gasteiger partial charge in [-0.2, -0.15) is 0 Å². The van der Waals surface area contributed by atoms with Gasteiger partial charge in [0.05, 0.1) is 15.8 Å². The first-order valence-electron chi connectivity index (χ1n) is 6.93.